The average Bonchev–Trinajstić information content (AvgIpc) is 3.30. The number of nitrogens with zero attached hydrogens (tertiary/aromatic N) is 1. The van der Waals surface area contributed by atoms with Gasteiger partial charge in [-0.1, -0.05) is 6.07 Å². The van der Waals surface area contributed by atoms with Crippen molar-refractivity contribution in [2.24, 2.45) is 0 Å². The number of methoxy groups -OCH3 is 2. The van der Waals surface area contributed by atoms with Crippen molar-refractivity contribution in [2.45, 2.75) is 31.7 Å². The molecule has 1 heterocycles. The van der Waals surface area contributed by atoms with Gasteiger partial charge in [0, 0.05) is 42.8 Å². The van der Waals surface area contributed by atoms with Crippen LogP contribution in [0.4, 0.5) is 0 Å². The molecule has 1 saturated carbocycles. The lowest BCUT2D eigenvalue weighted by Crippen LogP contribution is -2.17. The Morgan fingerprint density at radius 1 is 1.27 bits per heavy atom. The largest absolute Gasteiger partial charge is 0.497 e. The second-order valence-electron chi connectivity index (χ2n) is 5.65. The maximum atomic E-state index is 5.41. The van der Waals surface area contributed by atoms with Crippen molar-refractivity contribution < 1.29 is 9.47 Å². The predicted molar refractivity (Wildman–Crippen MR) is 85.5 cm³/mol. The van der Waals surface area contributed by atoms with Gasteiger partial charge in [-0.15, -0.1) is 0 Å². The summed E-state index contributed by atoms with van der Waals surface area (Å²) in [6, 6.07) is 5.91. The van der Waals surface area contributed by atoms with E-state index in [0.29, 0.717) is 5.92 Å². The van der Waals surface area contributed by atoms with Crippen LogP contribution < -0.4 is 14.8 Å². The van der Waals surface area contributed by atoms with E-state index in [4.69, 9.17) is 9.47 Å². The molecule has 5 heteroatoms. The van der Waals surface area contributed by atoms with Crippen molar-refractivity contribution in [3.63, 3.8) is 0 Å². The molecule has 0 unspecified atom stereocenters. The Morgan fingerprint density at radius 3 is 2.86 bits per heavy atom. The van der Waals surface area contributed by atoms with E-state index in [1.54, 1.807) is 14.2 Å². The first-order valence-corrected chi connectivity index (χ1v) is 7.75. The fraction of sp³-hybridized carbons (Fsp3) is 0.471. The maximum absolute atomic E-state index is 5.41. The minimum absolute atomic E-state index is 0.697. The molecule has 0 aliphatic heterocycles. The number of aromatic amines is 1. The monoisotopic (exact) mass is 301 g/mol. The summed E-state index contributed by atoms with van der Waals surface area (Å²) in [5.41, 5.74) is 3.68. The van der Waals surface area contributed by atoms with Crippen LogP contribution in [0.15, 0.2) is 24.5 Å². The van der Waals surface area contributed by atoms with Gasteiger partial charge in [-0.3, -0.25) is 0 Å². The Kier molecular flexibility index (Phi) is 4.63. The summed E-state index contributed by atoms with van der Waals surface area (Å²) in [5.74, 6) is 2.36. The molecule has 3 rings (SSSR count). The quantitative estimate of drug-likeness (QED) is 0.736. The van der Waals surface area contributed by atoms with E-state index in [2.05, 4.69) is 15.3 Å². The number of hydrogen-bond acceptors (Lipinski definition) is 4. The SMILES string of the molecule is COc1ccc(CNCCc2[nH]cnc2C2CC2)c(OC)c1. The van der Waals surface area contributed by atoms with Gasteiger partial charge in [0.2, 0.25) is 0 Å². The predicted octanol–water partition coefficient (Wildman–Crippen LogP) is 2.64. The minimum atomic E-state index is 0.697. The van der Waals surface area contributed by atoms with Crippen LogP contribution in [0.25, 0.3) is 0 Å². The molecule has 1 aliphatic rings. The lowest BCUT2D eigenvalue weighted by atomic mass is 10.1. The first kappa shape index (κ1) is 14.9. The molecule has 1 fully saturated rings. The summed E-state index contributed by atoms with van der Waals surface area (Å²) < 4.78 is 10.6. The fourth-order valence-electron chi connectivity index (χ4n) is 2.67. The van der Waals surface area contributed by atoms with Crippen LogP contribution in [0.5, 0.6) is 11.5 Å². The molecule has 0 bridgehead atoms. The van der Waals surface area contributed by atoms with Crippen molar-refractivity contribution in [2.75, 3.05) is 20.8 Å². The molecule has 0 spiro atoms. The van der Waals surface area contributed by atoms with E-state index in [0.717, 1.165) is 36.6 Å². The van der Waals surface area contributed by atoms with Crippen molar-refractivity contribution in [3.8, 4) is 11.5 Å². The minimum Gasteiger partial charge on any atom is -0.497 e. The summed E-state index contributed by atoms with van der Waals surface area (Å²) in [7, 11) is 3.35. The zero-order valence-electron chi connectivity index (χ0n) is 13.2. The third-order valence-corrected chi connectivity index (χ3v) is 4.08. The average molecular weight is 301 g/mol. The van der Waals surface area contributed by atoms with E-state index < -0.39 is 0 Å². The Balaban J connectivity index is 1.51. The zero-order chi connectivity index (χ0) is 15.4. The van der Waals surface area contributed by atoms with Crippen molar-refractivity contribution >= 4 is 0 Å². The number of benzene rings is 1. The lowest BCUT2D eigenvalue weighted by molar-refractivity contribution is 0.390. The summed E-state index contributed by atoms with van der Waals surface area (Å²) >= 11 is 0. The van der Waals surface area contributed by atoms with Crippen LogP contribution in [-0.2, 0) is 13.0 Å². The molecular formula is C17H23N3O2. The van der Waals surface area contributed by atoms with E-state index in [1.165, 1.54) is 24.2 Å². The highest BCUT2D eigenvalue weighted by Gasteiger charge is 2.27. The molecule has 0 atom stereocenters. The van der Waals surface area contributed by atoms with Gasteiger partial charge in [-0.25, -0.2) is 4.98 Å². The molecule has 0 saturated heterocycles. The fourth-order valence-corrected chi connectivity index (χ4v) is 2.67. The van der Waals surface area contributed by atoms with Crippen molar-refractivity contribution in [3.05, 3.63) is 41.5 Å². The van der Waals surface area contributed by atoms with Gasteiger partial charge in [0.25, 0.3) is 0 Å². The third-order valence-electron chi connectivity index (χ3n) is 4.08. The maximum Gasteiger partial charge on any atom is 0.127 e. The van der Waals surface area contributed by atoms with Crippen molar-refractivity contribution in [1.82, 2.24) is 15.3 Å². The number of hydrogen-bond donors (Lipinski definition) is 2. The van der Waals surface area contributed by atoms with Crippen LogP contribution in [-0.4, -0.2) is 30.7 Å². The van der Waals surface area contributed by atoms with Crippen LogP contribution in [0.3, 0.4) is 0 Å². The lowest BCUT2D eigenvalue weighted by Gasteiger charge is -2.11. The third kappa shape index (κ3) is 3.42. The number of aromatic nitrogens is 2. The summed E-state index contributed by atoms with van der Waals surface area (Å²) in [5, 5.41) is 3.47. The molecule has 1 aromatic carbocycles. The highest BCUT2D eigenvalue weighted by Crippen LogP contribution is 2.40. The number of imidazole rings is 1. The summed E-state index contributed by atoms with van der Waals surface area (Å²) in [6.07, 6.45) is 5.36. The molecule has 2 N–H and O–H groups in total. The molecule has 5 nitrogen and oxygen atoms in total. The van der Waals surface area contributed by atoms with Gasteiger partial charge in [0.05, 0.1) is 26.2 Å². The molecule has 118 valence electrons. The number of nitrogens with one attached hydrogen (secondary N) is 2. The van der Waals surface area contributed by atoms with E-state index >= 15 is 0 Å². The molecule has 1 aliphatic carbocycles. The smallest absolute Gasteiger partial charge is 0.127 e. The van der Waals surface area contributed by atoms with Crippen LogP contribution >= 0.6 is 0 Å². The Hall–Kier alpha value is -2.01. The van der Waals surface area contributed by atoms with Gasteiger partial charge in [0.1, 0.15) is 11.5 Å². The van der Waals surface area contributed by atoms with Gasteiger partial charge in [0.15, 0.2) is 0 Å². The zero-order valence-corrected chi connectivity index (χ0v) is 13.2. The highest BCUT2D eigenvalue weighted by molar-refractivity contribution is 5.40. The van der Waals surface area contributed by atoms with Gasteiger partial charge in [-0.2, -0.15) is 0 Å². The summed E-state index contributed by atoms with van der Waals surface area (Å²) in [6.45, 7) is 1.69. The number of ether oxygens (including phenoxy) is 2. The van der Waals surface area contributed by atoms with Gasteiger partial charge >= 0.3 is 0 Å². The standard InChI is InChI=1S/C17H23N3O2/c1-21-14-6-5-13(16(9-14)22-2)10-18-8-7-15-17(12-3-4-12)20-11-19-15/h5-6,9,11-12,18H,3-4,7-8,10H2,1-2H3,(H,19,20). The normalized spacial score (nSPS) is 14.1. The highest BCUT2D eigenvalue weighted by atomic mass is 16.5. The van der Waals surface area contributed by atoms with Crippen molar-refractivity contribution in [1.29, 1.82) is 0 Å². The Bertz CT molecular complexity index is 620. The molecule has 22 heavy (non-hydrogen) atoms. The van der Waals surface area contributed by atoms with Crippen LogP contribution in [0.2, 0.25) is 0 Å². The molecule has 1 aromatic heterocycles. The number of rotatable bonds is 8. The molecule has 2 aromatic rings. The Labute approximate surface area is 131 Å². The second-order valence-corrected chi connectivity index (χ2v) is 5.65. The molecule has 0 radical (unpaired) electrons. The Morgan fingerprint density at radius 2 is 2.14 bits per heavy atom. The van der Waals surface area contributed by atoms with Crippen LogP contribution in [0.1, 0.15) is 35.7 Å². The van der Waals surface area contributed by atoms with E-state index in [1.807, 2.05) is 24.5 Å². The molecule has 0 amide bonds. The van der Waals surface area contributed by atoms with E-state index in [-0.39, 0.29) is 0 Å². The topological polar surface area (TPSA) is 59.2 Å². The molecular weight excluding hydrogens is 278 g/mol. The van der Waals surface area contributed by atoms with E-state index in [9.17, 15) is 0 Å². The van der Waals surface area contributed by atoms with Gasteiger partial charge in [-0.05, 0) is 18.9 Å². The first-order chi connectivity index (χ1) is 10.8. The first-order valence-electron chi connectivity index (χ1n) is 7.75. The van der Waals surface area contributed by atoms with Gasteiger partial charge < -0.3 is 19.8 Å². The van der Waals surface area contributed by atoms with Crippen LogP contribution in [0, 0.1) is 0 Å². The summed E-state index contributed by atoms with van der Waals surface area (Å²) in [4.78, 5) is 7.72. The number of H-pyrrole nitrogens is 1. The second kappa shape index (κ2) is 6.83.